The Balaban J connectivity index is 1.33. The molecule has 2 fully saturated rings. The first-order chi connectivity index (χ1) is 15.0. The fourth-order valence-electron chi connectivity index (χ4n) is 4.13. The van der Waals surface area contributed by atoms with E-state index in [0.717, 1.165) is 49.7 Å². The second-order valence-electron chi connectivity index (χ2n) is 8.43. The summed E-state index contributed by atoms with van der Waals surface area (Å²) in [7, 11) is 0. The zero-order valence-corrected chi connectivity index (χ0v) is 18.2. The van der Waals surface area contributed by atoms with Crippen molar-refractivity contribution >= 4 is 17.6 Å². The minimum absolute atomic E-state index is 0.132. The summed E-state index contributed by atoms with van der Waals surface area (Å²) in [4.78, 5) is 29.6. The predicted octanol–water partition coefficient (Wildman–Crippen LogP) is 2.85. The molecule has 0 unspecified atom stereocenters. The van der Waals surface area contributed by atoms with Gasteiger partial charge < -0.3 is 14.5 Å². The number of nitrogens with one attached hydrogen (secondary N) is 1. The normalized spacial score (nSPS) is 17.4. The summed E-state index contributed by atoms with van der Waals surface area (Å²) in [6.07, 6.45) is 0.152. The summed E-state index contributed by atoms with van der Waals surface area (Å²) in [5.41, 5.74) is 3.43. The van der Waals surface area contributed by atoms with Crippen molar-refractivity contribution in [2.45, 2.75) is 33.0 Å². The van der Waals surface area contributed by atoms with Gasteiger partial charge in [0.15, 0.2) is 0 Å². The number of hydrogen-bond acceptors (Lipinski definition) is 5. The van der Waals surface area contributed by atoms with Crippen LogP contribution in [0.5, 0.6) is 5.75 Å². The highest BCUT2D eigenvalue weighted by molar-refractivity contribution is 6.01. The molecule has 2 saturated heterocycles. The summed E-state index contributed by atoms with van der Waals surface area (Å²) in [6.45, 7) is 9.42. The molecule has 2 aromatic rings. The van der Waals surface area contributed by atoms with Crippen molar-refractivity contribution in [3.05, 3.63) is 59.7 Å². The van der Waals surface area contributed by atoms with E-state index in [1.54, 1.807) is 0 Å². The lowest BCUT2D eigenvalue weighted by molar-refractivity contribution is -0.118. The maximum absolute atomic E-state index is 11.8. The standard InChI is InChI=1S/C24H30N4O3/c1-18(2)31-22-9-4-3-8-21(22)27-12-10-26(11-13-27)15-19-6-5-7-20(14-19)16-28-17-23(29)25-24(28)30/h3-9,14,18H,10-13,15-17H2,1-2H3,(H,25,29,30). The smallest absolute Gasteiger partial charge is 0.324 e. The first-order valence-electron chi connectivity index (χ1n) is 10.9. The van der Waals surface area contributed by atoms with Crippen LogP contribution in [0.15, 0.2) is 48.5 Å². The van der Waals surface area contributed by atoms with Crippen LogP contribution in [-0.4, -0.2) is 60.6 Å². The summed E-state index contributed by atoms with van der Waals surface area (Å²) in [5.74, 6) is 0.711. The lowest BCUT2D eigenvalue weighted by Crippen LogP contribution is -2.46. The van der Waals surface area contributed by atoms with Crippen LogP contribution < -0.4 is 15.0 Å². The van der Waals surface area contributed by atoms with Gasteiger partial charge in [-0.1, -0.05) is 36.4 Å². The zero-order valence-electron chi connectivity index (χ0n) is 18.2. The number of carbonyl (C=O) groups is 2. The average Bonchev–Trinajstić information content (AvgIpc) is 3.05. The van der Waals surface area contributed by atoms with Crippen molar-refractivity contribution < 1.29 is 14.3 Å². The lowest BCUT2D eigenvalue weighted by Gasteiger charge is -2.37. The highest BCUT2D eigenvalue weighted by atomic mass is 16.5. The van der Waals surface area contributed by atoms with Crippen molar-refractivity contribution in [3.8, 4) is 5.75 Å². The summed E-state index contributed by atoms with van der Waals surface area (Å²) in [5, 5.41) is 2.33. The van der Waals surface area contributed by atoms with E-state index in [1.807, 2.05) is 24.3 Å². The van der Waals surface area contributed by atoms with Gasteiger partial charge in [0.1, 0.15) is 12.3 Å². The van der Waals surface area contributed by atoms with Crippen LogP contribution in [0.2, 0.25) is 0 Å². The molecule has 2 heterocycles. The Kier molecular flexibility index (Phi) is 6.42. The number of amides is 3. The molecule has 2 aliphatic heterocycles. The summed E-state index contributed by atoms with van der Waals surface area (Å²) >= 11 is 0. The van der Waals surface area contributed by atoms with E-state index in [9.17, 15) is 9.59 Å². The molecule has 4 rings (SSSR count). The van der Waals surface area contributed by atoms with E-state index in [4.69, 9.17) is 4.74 Å². The molecular formula is C24H30N4O3. The Morgan fingerprint density at radius 1 is 0.935 bits per heavy atom. The molecule has 1 N–H and O–H groups in total. The predicted molar refractivity (Wildman–Crippen MR) is 120 cm³/mol. The summed E-state index contributed by atoms with van der Waals surface area (Å²) in [6, 6.07) is 16.2. The Hall–Kier alpha value is -3.06. The number of benzene rings is 2. The topological polar surface area (TPSA) is 65.1 Å². The number of anilines is 1. The van der Waals surface area contributed by atoms with E-state index in [-0.39, 0.29) is 24.6 Å². The second-order valence-corrected chi connectivity index (χ2v) is 8.43. The molecule has 164 valence electrons. The van der Waals surface area contributed by atoms with Crippen LogP contribution in [0.4, 0.5) is 10.5 Å². The number of hydrogen-bond donors (Lipinski definition) is 1. The van der Waals surface area contributed by atoms with E-state index in [0.29, 0.717) is 6.54 Å². The maximum Gasteiger partial charge on any atom is 0.324 e. The maximum atomic E-state index is 11.8. The number of nitrogens with zero attached hydrogens (tertiary/aromatic N) is 3. The first-order valence-corrected chi connectivity index (χ1v) is 10.9. The van der Waals surface area contributed by atoms with Crippen molar-refractivity contribution in [1.82, 2.24) is 15.1 Å². The van der Waals surface area contributed by atoms with E-state index in [2.05, 4.69) is 53.2 Å². The third-order valence-electron chi connectivity index (χ3n) is 5.58. The van der Waals surface area contributed by atoms with Gasteiger partial charge in [0.05, 0.1) is 11.8 Å². The van der Waals surface area contributed by atoms with E-state index >= 15 is 0 Å². The molecular weight excluding hydrogens is 392 g/mol. The van der Waals surface area contributed by atoms with Gasteiger partial charge in [-0.05, 0) is 37.1 Å². The van der Waals surface area contributed by atoms with Gasteiger partial charge in [-0.3, -0.25) is 15.0 Å². The number of urea groups is 1. The van der Waals surface area contributed by atoms with Crippen LogP contribution >= 0.6 is 0 Å². The van der Waals surface area contributed by atoms with Crippen molar-refractivity contribution in [2.75, 3.05) is 37.6 Å². The van der Waals surface area contributed by atoms with Gasteiger partial charge in [-0.15, -0.1) is 0 Å². The highest BCUT2D eigenvalue weighted by Crippen LogP contribution is 2.29. The van der Waals surface area contributed by atoms with Gasteiger partial charge in [-0.2, -0.15) is 0 Å². The largest absolute Gasteiger partial charge is 0.489 e. The van der Waals surface area contributed by atoms with Crippen molar-refractivity contribution in [1.29, 1.82) is 0 Å². The Morgan fingerprint density at radius 3 is 2.32 bits per heavy atom. The van der Waals surface area contributed by atoms with Gasteiger partial charge in [-0.25, -0.2) is 4.79 Å². The highest BCUT2D eigenvalue weighted by Gasteiger charge is 2.26. The van der Waals surface area contributed by atoms with Gasteiger partial charge >= 0.3 is 6.03 Å². The molecule has 0 atom stereocenters. The van der Waals surface area contributed by atoms with Crippen LogP contribution in [0.25, 0.3) is 0 Å². The minimum atomic E-state index is -0.312. The third-order valence-corrected chi connectivity index (χ3v) is 5.58. The molecule has 0 spiro atoms. The van der Waals surface area contributed by atoms with E-state index in [1.165, 1.54) is 10.5 Å². The Morgan fingerprint density at radius 2 is 1.65 bits per heavy atom. The zero-order chi connectivity index (χ0) is 21.8. The lowest BCUT2D eigenvalue weighted by atomic mass is 10.1. The molecule has 7 nitrogen and oxygen atoms in total. The monoisotopic (exact) mass is 422 g/mol. The molecule has 0 aliphatic carbocycles. The number of carbonyl (C=O) groups excluding carboxylic acids is 2. The molecule has 0 saturated carbocycles. The van der Waals surface area contributed by atoms with E-state index < -0.39 is 0 Å². The molecule has 0 aromatic heterocycles. The number of imide groups is 1. The van der Waals surface area contributed by atoms with Gasteiger partial charge in [0, 0.05) is 39.3 Å². The third kappa shape index (κ3) is 5.35. The van der Waals surface area contributed by atoms with Gasteiger partial charge in [0.2, 0.25) is 5.91 Å². The van der Waals surface area contributed by atoms with Crippen LogP contribution in [0, 0.1) is 0 Å². The van der Waals surface area contributed by atoms with Crippen LogP contribution in [0.3, 0.4) is 0 Å². The molecule has 2 aliphatic rings. The van der Waals surface area contributed by atoms with Crippen LogP contribution in [0.1, 0.15) is 25.0 Å². The minimum Gasteiger partial charge on any atom is -0.489 e. The molecule has 2 aromatic carbocycles. The molecule has 0 bridgehead atoms. The average molecular weight is 423 g/mol. The molecule has 3 amide bonds. The summed E-state index contributed by atoms with van der Waals surface area (Å²) < 4.78 is 5.99. The quantitative estimate of drug-likeness (QED) is 0.695. The van der Waals surface area contributed by atoms with Crippen molar-refractivity contribution in [3.63, 3.8) is 0 Å². The fraction of sp³-hybridized carbons (Fsp3) is 0.417. The number of rotatable bonds is 7. The van der Waals surface area contributed by atoms with Gasteiger partial charge in [0.25, 0.3) is 0 Å². The number of para-hydroxylation sites is 2. The Bertz CT molecular complexity index is 938. The molecule has 7 heteroatoms. The fourth-order valence-corrected chi connectivity index (χ4v) is 4.13. The Labute approximate surface area is 183 Å². The SMILES string of the molecule is CC(C)Oc1ccccc1N1CCN(Cc2cccc(CN3CC(=O)NC3=O)c2)CC1. The number of ether oxygens (including phenoxy) is 1. The van der Waals surface area contributed by atoms with Crippen molar-refractivity contribution in [2.24, 2.45) is 0 Å². The molecule has 31 heavy (non-hydrogen) atoms. The van der Waals surface area contributed by atoms with Crippen LogP contribution in [-0.2, 0) is 17.9 Å². The number of piperazine rings is 1. The molecule has 0 radical (unpaired) electrons. The first kappa shape index (κ1) is 21.2. The second kappa shape index (κ2) is 9.39.